The molecule has 0 aromatic heterocycles. The van der Waals surface area contributed by atoms with Crippen molar-refractivity contribution in [2.24, 2.45) is 11.8 Å². The molecule has 0 aliphatic heterocycles. The molecule has 0 spiro atoms. The van der Waals surface area contributed by atoms with Crippen LogP contribution in [-0.2, 0) is 5.41 Å². The summed E-state index contributed by atoms with van der Waals surface area (Å²) in [6.07, 6.45) is 10.2. The third kappa shape index (κ3) is 4.10. The van der Waals surface area contributed by atoms with Gasteiger partial charge in [-0.2, -0.15) is 13.2 Å². The number of ether oxygens (including phenoxy) is 1. The first-order chi connectivity index (χ1) is 12.5. The molecule has 2 saturated carbocycles. The maximum absolute atomic E-state index is 13.0. The molecule has 1 aromatic carbocycles. The van der Waals surface area contributed by atoms with Gasteiger partial charge >= 0.3 is 12.1 Å². The van der Waals surface area contributed by atoms with Crippen LogP contribution in [0.3, 0.4) is 0 Å². The van der Waals surface area contributed by atoms with Crippen molar-refractivity contribution >= 4 is 0 Å². The van der Waals surface area contributed by atoms with Gasteiger partial charge in [-0.25, -0.2) is 0 Å². The molecule has 0 amide bonds. The number of benzene rings is 1. The van der Waals surface area contributed by atoms with Gasteiger partial charge in [0.05, 0.1) is 0 Å². The summed E-state index contributed by atoms with van der Waals surface area (Å²) in [5, 5.41) is 0. The van der Waals surface area contributed by atoms with Crippen LogP contribution in [0.5, 0.6) is 5.75 Å². The fourth-order valence-corrected chi connectivity index (χ4v) is 5.24. The minimum absolute atomic E-state index is 0.125. The van der Waals surface area contributed by atoms with Gasteiger partial charge in [-0.15, -0.1) is 0 Å². The summed E-state index contributed by atoms with van der Waals surface area (Å²) in [7, 11) is 0. The molecule has 0 N–H and O–H groups in total. The molecule has 26 heavy (non-hydrogen) atoms. The zero-order valence-electron chi connectivity index (χ0n) is 15.6. The van der Waals surface area contributed by atoms with Crippen LogP contribution in [0.25, 0.3) is 0 Å². The Morgan fingerprint density at radius 3 is 2.12 bits per heavy atom. The first kappa shape index (κ1) is 19.3. The summed E-state index contributed by atoms with van der Waals surface area (Å²) < 4.78 is 42.1. The molecule has 0 atom stereocenters. The molecule has 0 bridgehead atoms. The second kappa shape index (κ2) is 8.49. The second-order valence-electron chi connectivity index (χ2n) is 8.00. The smallest absolute Gasteiger partial charge is 0.344 e. The maximum atomic E-state index is 13.0. The van der Waals surface area contributed by atoms with E-state index in [4.69, 9.17) is 0 Å². The standard InChI is InChI=1S/C22H29F3O/c1-2-16-6-8-17(9-7-16)22(14-4-3-5-15-22)18-10-12-19(13-11-18)26-21(25)20(23)24/h10-13,16-17H,2-9,14-15H2,1H3/t16-,17-. The van der Waals surface area contributed by atoms with E-state index in [0.29, 0.717) is 5.92 Å². The molecule has 2 fully saturated rings. The summed E-state index contributed by atoms with van der Waals surface area (Å²) in [6, 6.07) is 5.38. The summed E-state index contributed by atoms with van der Waals surface area (Å²) in [5.41, 5.74) is 1.46. The molecule has 0 unspecified atom stereocenters. The summed E-state index contributed by atoms with van der Waals surface area (Å²) in [6.45, 7) is 2.29. The van der Waals surface area contributed by atoms with E-state index in [0.717, 1.165) is 5.92 Å². The zero-order chi connectivity index (χ0) is 18.6. The lowest BCUT2D eigenvalue weighted by molar-refractivity contribution is 0.126. The van der Waals surface area contributed by atoms with Crippen molar-refractivity contribution in [1.29, 1.82) is 0 Å². The largest absolute Gasteiger partial charge is 0.428 e. The predicted octanol–water partition coefficient (Wildman–Crippen LogP) is 7.52. The van der Waals surface area contributed by atoms with Gasteiger partial charge in [0.25, 0.3) is 0 Å². The van der Waals surface area contributed by atoms with E-state index >= 15 is 0 Å². The van der Waals surface area contributed by atoms with Gasteiger partial charge in [-0.05, 0) is 60.6 Å². The molecular formula is C22H29F3O. The van der Waals surface area contributed by atoms with Crippen LogP contribution >= 0.6 is 0 Å². The Morgan fingerprint density at radius 2 is 1.58 bits per heavy atom. The van der Waals surface area contributed by atoms with Crippen molar-refractivity contribution in [3.05, 3.63) is 41.9 Å². The van der Waals surface area contributed by atoms with Gasteiger partial charge < -0.3 is 4.74 Å². The van der Waals surface area contributed by atoms with E-state index in [2.05, 4.69) is 11.7 Å². The zero-order valence-corrected chi connectivity index (χ0v) is 15.6. The van der Waals surface area contributed by atoms with Gasteiger partial charge in [0.1, 0.15) is 5.75 Å². The van der Waals surface area contributed by atoms with Crippen molar-refractivity contribution in [2.75, 3.05) is 0 Å². The highest BCUT2D eigenvalue weighted by molar-refractivity contribution is 5.34. The minimum atomic E-state index is -2.43. The highest BCUT2D eigenvalue weighted by Crippen LogP contribution is 2.51. The monoisotopic (exact) mass is 366 g/mol. The lowest BCUT2D eigenvalue weighted by Gasteiger charge is -2.47. The molecule has 4 heteroatoms. The molecule has 0 heterocycles. The maximum Gasteiger partial charge on any atom is 0.344 e. The van der Waals surface area contributed by atoms with Crippen LogP contribution in [0.4, 0.5) is 13.2 Å². The molecule has 2 aliphatic carbocycles. The van der Waals surface area contributed by atoms with Crippen LogP contribution < -0.4 is 4.74 Å². The van der Waals surface area contributed by atoms with E-state index in [-0.39, 0.29) is 11.2 Å². The third-order valence-corrected chi connectivity index (χ3v) is 6.74. The Labute approximate surface area is 154 Å². The van der Waals surface area contributed by atoms with Crippen LogP contribution in [-0.4, -0.2) is 0 Å². The van der Waals surface area contributed by atoms with E-state index in [1.165, 1.54) is 69.8 Å². The average Bonchev–Trinajstić information content (AvgIpc) is 2.69. The normalized spacial score (nSPS) is 25.5. The fraction of sp³-hybridized carbons (Fsp3) is 0.636. The van der Waals surface area contributed by atoms with Crippen molar-refractivity contribution in [3.8, 4) is 5.75 Å². The Bertz CT molecular complexity index is 605. The Hall–Kier alpha value is -1.45. The fourth-order valence-electron chi connectivity index (χ4n) is 5.24. The molecule has 0 radical (unpaired) electrons. The van der Waals surface area contributed by atoms with Crippen LogP contribution in [0.15, 0.2) is 36.4 Å². The Kier molecular flexibility index (Phi) is 6.31. The number of rotatable bonds is 5. The number of hydrogen-bond acceptors (Lipinski definition) is 1. The first-order valence-electron chi connectivity index (χ1n) is 10.0. The molecule has 0 saturated heterocycles. The number of hydrogen-bond donors (Lipinski definition) is 0. The minimum Gasteiger partial charge on any atom is -0.428 e. The van der Waals surface area contributed by atoms with Gasteiger partial charge in [0.2, 0.25) is 0 Å². The topological polar surface area (TPSA) is 9.23 Å². The van der Waals surface area contributed by atoms with Gasteiger partial charge in [0, 0.05) is 0 Å². The van der Waals surface area contributed by atoms with E-state index < -0.39 is 12.1 Å². The summed E-state index contributed by atoms with van der Waals surface area (Å²) >= 11 is 0. The highest BCUT2D eigenvalue weighted by Gasteiger charge is 2.42. The number of halogens is 3. The highest BCUT2D eigenvalue weighted by atomic mass is 19.3. The van der Waals surface area contributed by atoms with E-state index in [1.54, 1.807) is 12.1 Å². The van der Waals surface area contributed by atoms with Gasteiger partial charge in [-0.1, -0.05) is 57.6 Å². The van der Waals surface area contributed by atoms with Crippen LogP contribution in [0.2, 0.25) is 0 Å². The van der Waals surface area contributed by atoms with Crippen molar-refractivity contribution in [1.82, 2.24) is 0 Å². The predicted molar refractivity (Wildman–Crippen MR) is 97.9 cm³/mol. The quantitative estimate of drug-likeness (QED) is 0.490. The summed E-state index contributed by atoms with van der Waals surface area (Å²) in [5.74, 6) is 1.69. The molecule has 2 aliphatic rings. The van der Waals surface area contributed by atoms with Gasteiger partial charge in [-0.3, -0.25) is 0 Å². The Balaban J connectivity index is 1.80. The van der Waals surface area contributed by atoms with E-state index in [9.17, 15) is 13.2 Å². The lowest BCUT2D eigenvalue weighted by atomic mass is 9.57. The molecule has 1 nitrogen and oxygen atoms in total. The molecule has 3 rings (SSSR count). The van der Waals surface area contributed by atoms with Crippen molar-refractivity contribution in [3.63, 3.8) is 0 Å². The van der Waals surface area contributed by atoms with Gasteiger partial charge in [0.15, 0.2) is 0 Å². The van der Waals surface area contributed by atoms with Crippen LogP contribution in [0.1, 0.15) is 76.7 Å². The molecule has 144 valence electrons. The summed E-state index contributed by atoms with van der Waals surface area (Å²) in [4.78, 5) is 0. The first-order valence-corrected chi connectivity index (χ1v) is 10.0. The average molecular weight is 366 g/mol. The Morgan fingerprint density at radius 1 is 0.962 bits per heavy atom. The van der Waals surface area contributed by atoms with Crippen molar-refractivity contribution in [2.45, 2.75) is 76.5 Å². The molecule has 1 aromatic rings. The second-order valence-corrected chi connectivity index (χ2v) is 8.00. The third-order valence-electron chi connectivity index (χ3n) is 6.74. The molecular weight excluding hydrogens is 337 g/mol. The lowest BCUT2D eigenvalue weighted by Crippen LogP contribution is -2.39. The van der Waals surface area contributed by atoms with Crippen LogP contribution in [0, 0.1) is 11.8 Å². The SMILES string of the molecule is CC[C@H]1CC[C@H](C2(c3ccc(OC(F)=C(F)F)cc3)CCCCC2)CC1. The van der Waals surface area contributed by atoms with Crippen molar-refractivity contribution < 1.29 is 17.9 Å². The van der Waals surface area contributed by atoms with E-state index in [1.807, 2.05) is 12.1 Å².